The maximum Gasteiger partial charge on any atom is 0.226 e. The van der Waals surface area contributed by atoms with Crippen molar-refractivity contribution in [3.8, 4) is 5.75 Å². The summed E-state index contributed by atoms with van der Waals surface area (Å²) in [6, 6.07) is 5.30. The van der Waals surface area contributed by atoms with Crippen LogP contribution in [-0.2, 0) is 4.79 Å². The number of amides is 1. The van der Waals surface area contributed by atoms with Crippen molar-refractivity contribution in [1.29, 1.82) is 0 Å². The van der Waals surface area contributed by atoms with Crippen LogP contribution in [0.25, 0.3) is 0 Å². The Morgan fingerprint density at radius 1 is 1.32 bits per heavy atom. The number of carbonyl (C=O) groups is 2. The first kappa shape index (κ1) is 16.5. The van der Waals surface area contributed by atoms with Gasteiger partial charge >= 0.3 is 0 Å². The number of nitrogens with zero attached hydrogens (tertiary/aromatic N) is 1. The topological polar surface area (TPSA) is 58.6 Å². The van der Waals surface area contributed by atoms with E-state index in [2.05, 4.69) is 17.1 Å². The lowest BCUT2D eigenvalue weighted by Crippen LogP contribution is -2.33. The highest BCUT2D eigenvalue weighted by atomic mass is 16.5. The first-order valence-electron chi connectivity index (χ1n) is 7.74. The van der Waals surface area contributed by atoms with E-state index in [1.54, 1.807) is 25.3 Å². The van der Waals surface area contributed by atoms with Gasteiger partial charge in [0.15, 0.2) is 5.78 Å². The SMILES string of the molecule is COc1ccc(C(C)=O)cc1NC(=O)CC(C)N1CCCC1. The van der Waals surface area contributed by atoms with Gasteiger partial charge in [-0.05, 0) is 58.0 Å². The number of methoxy groups -OCH3 is 1. The number of ether oxygens (including phenoxy) is 1. The minimum Gasteiger partial charge on any atom is -0.495 e. The van der Waals surface area contributed by atoms with Crippen LogP contribution in [0.3, 0.4) is 0 Å². The van der Waals surface area contributed by atoms with Crippen LogP contribution < -0.4 is 10.1 Å². The lowest BCUT2D eigenvalue weighted by Gasteiger charge is -2.23. The van der Waals surface area contributed by atoms with Crippen molar-refractivity contribution in [2.45, 2.75) is 39.2 Å². The van der Waals surface area contributed by atoms with Gasteiger partial charge in [-0.3, -0.25) is 9.59 Å². The molecule has 1 unspecified atom stereocenters. The fourth-order valence-electron chi connectivity index (χ4n) is 2.81. The standard InChI is InChI=1S/C17H24N2O3/c1-12(19-8-4-5-9-19)10-17(21)18-15-11-14(13(2)20)6-7-16(15)22-3/h6-7,11-12H,4-5,8-10H2,1-3H3,(H,18,21). The first-order chi connectivity index (χ1) is 10.5. The zero-order valence-electron chi connectivity index (χ0n) is 13.5. The Morgan fingerprint density at radius 3 is 2.59 bits per heavy atom. The Hall–Kier alpha value is -1.88. The van der Waals surface area contributed by atoms with Gasteiger partial charge in [0.2, 0.25) is 5.91 Å². The van der Waals surface area contributed by atoms with Gasteiger partial charge in [0, 0.05) is 18.0 Å². The molecule has 5 heteroatoms. The summed E-state index contributed by atoms with van der Waals surface area (Å²) in [5.41, 5.74) is 1.11. The largest absolute Gasteiger partial charge is 0.495 e. The third-order valence-corrected chi connectivity index (χ3v) is 4.12. The van der Waals surface area contributed by atoms with Crippen molar-refractivity contribution in [1.82, 2.24) is 4.90 Å². The Labute approximate surface area is 131 Å². The van der Waals surface area contributed by atoms with Crippen LogP contribution in [0, 0.1) is 0 Å². The zero-order chi connectivity index (χ0) is 16.1. The third kappa shape index (κ3) is 4.07. The molecule has 0 spiro atoms. The van der Waals surface area contributed by atoms with E-state index < -0.39 is 0 Å². The van der Waals surface area contributed by atoms with E-state index >= 15 is 0 Å². The number of hydrogen-bond donors (Lipinski definition) is 1. The molecule has 1 aromatic carbocycles. The van der Waals surface area contributed by atoms with Crippen LogP contribution in [0.2, 0.25) is 0 Å². The smallest absolute Gasteiger partial charge is 0.226 e. The first-order valence-corrected chi connectivity index (χ1v) is 7.74. The summed E-state index contributed by atoms with van der Waals surface area (Å²) >= 11 is 0. The van der Waals surface area contributed by atoms with E-state index in [0.29, 0.717) is 23.4 Å². The van der Waals surface area contributed by atoms with Crippen molar-refractivity contribution in [3.63, 3.8) is 0 Å². The normalized spacial score (nSPS) is 16.3. The molecule has 1 saturated heterocycles. The van der Waals surface area contributed by atoms with Gasteiger partial charge in [0.25, 0.3) is 0 Å². The van der Waals surface area contributed by atoms with E-state index in [9.17, 15) is 9.59 Å². The summed E-state index contributed by atoms with van der Waals surface area (Å²) in [6.07, 6.45) is 2.86. The molecule has 0 saturated carbocycles. The molecular formula is C17H24N2O3. The van der Waals surface area contributed by atoms with E-state index in [0.717, 1.165) is 13.1 Å². The molecule has 1 aromatic rings. The van der Waals surface area contributed by atoms with Crippen molar-refractivity contribution in [2.24, 2.45) is 0 Å². The number of nitrogens with one attached hydrogen (secondary N) is 1. The van der Waals surface area contributed by atoms with Gasteiger partial charge in [-0.15, -0.1) is 0 Å². The summed E-state index contributed by atoms with van der Waals surface area (Å²) in [5, 5.41) is 2.87. The van der Waals surface area contributed by atoms with Gasteiger partial charge in [-0.25, -0.2) is 0 Å². The fraction of sp³-hybridized carbons (Fsp3) is 0.529. The number of likely N-dealkylation sites (tertiary alicyclic amines) is 1. The molecule has 1 heterocycles. The van der Waals surface area contributed by atoms with Crippen molar-refractivity contribution >= 4 is 17.4 Å². The summed E-state index contributed by atoms with van der Waals surface area (Å²) in [5.74, 6) is 0.467. The number of anilines is 1. The average molecular weight is 304 g/mol. The number of hydrogen-bond acceptors (Lipinski definition) is 4. The van der Waals surface area contributed by atoms with Gasteiger partial charge < -0.3 is 15.0 Å². The Kier molecular flexibility index (Phi) is 5.55. The molecular weight excluding hydrogens is 280 g/mol. The van der Waals surface area contributed by atoms with E-state index in [1.807, 2.05) is 0 Å². The molecule has 1 fully saturated rings. The molecule has 1 N–H and O–H groups in total. The van der Waals surface area contributed by atoms with Gasteiger partial charge in [-0.2, -0.15) is 0 Å². The van der Waals surface area contributed by atoms with Crippen molar-refractivity contribution < 1.29 is 14.3 Å². The van der Waals surface area contributed by atoms with Crippen LogP contribution in [-0.4, -0.2) is 42.8 Å². The van der Waals surface area contributed by atoms with Gasteiger partial charge in [0.1, 0.15) is 5.75 Å². The van der Waals surface area contributed by atoms with Crippen LogP contribution in [0.1, 0.15) is 43.5 Å². The summed E-state index contributed by atoms with van der Waals surface area (Å²) in [4.78, 5) is 26.1. The van der Waals surface area contributed by atoms with Crippen LogP contribution >= 0.6 is 0 Å². The molecule has 0 aromatic heterocycles. The van der Waals surface area contributed by atoms with Crippen LogP contribution in [0.4, 0.5) is 5.69 Å². The predicted molar refractivity (Wildman–Crippen MR) is 86.5 cm³/mol. The van der Waals surface area contributed by atoms with Crippen molar-refractivity contribution in [2.75, 3.05) is 25.5 Å². The summed E-state index contributed by atoms with van der Waals surface area (Å²) in [6.45, 7) is 5.71. The predicted octanol–water partition coefficient (Wildman–Crippen LogP) is 2.71. The lowest BCUT2D eigenvalue weighted by atomic mass is 10.1. The van der Waals surface area contributed by atoms with E-state index in [1.165, 1.54) is 19.8 Å². The molecule has 0 radical (unpaired) electrons. The van der Waals surface area contributed by atoms with Gasteiger partial charge in [-0.1, -0.05) is 0 Å². The molecule has 120 valence electrons. The maximum absolute atomic E-state index is 12.3. The second kappa shape index (κ2) is 7.40. The molecule has 1 atom stereocenters. The molecule has 1 aliphatic heterocycles. The molecule has 1 aliphatic rings. The number of ketones is 1. The highest BCUT2D eigenvalue weighted by molar-refractivity contribution is 5.98. The maximum atomic E-state index is 12.3. The van der Waals surface area contributed by atoms with Crippen LogP contribution in [0.15, 0.2) is 18.2 Å². The summed E-state index contributed by atoms with van der Waals surface area (Å²) < 4.78 is 5.25. The monoisotopic (exact) mass is 304 g/mol. The molecule has 1 amide bonds. The Bertz CT molecular complexity index is 551. The van der Waals surface area contributed by atoms with E-state index in [-0.39, 0.29) is 17.7 Å². The van der Waals surface area contributed by atoms with Gasteiger partial charge in [0.05, 0.1) is 12.8 Å². The molecule has 2 rings (SSSR count). The molecule has 0 bridgehead atoms. The second-order valence-corrected chi connectivity index (χ2v) is 5.82. The fourth-order valence-corrected chi connectivity index (χ4v) is 2.81. The number of carbonyl (C=O) groups excluding carboxylic acids is 2. The minimum atomic E-state index is -0.0570. The quantitative estimate of drug-likeness (QED) is 0.821. The molecule has 5 nitrogen and oxygen atoms in total. The Balaban J connectivity index is 2.03. The highest BCUT2D eigenvalue weighted by Gasteiger charge is 2.21. The summed E-state index contributed by atoms with van der Waals surface area (Å²) in [7, 11) is 1.55. The highest BCUT2D eigenvalue weighted by Crippen LogP contribution is 2.26. The lowest BCUT2D eigenvalue weighted by molar-refractivity contribution is -0.117. The van der Waals surface area contributed by atoms with E-state index in [4.69, 9.17) is 4.74 Å². The third-order valence-electron chi connectivity index (χ3n) is 4.12. The zero-order valence-corrected chi connectivity index (χ0v) is 13.5. The minimum absolute atomic E-state index is 0.0383. The number of Topliss-reactive ketones (excluding diaryl/α,β-unsaturated/α-hetero) is 1. The average Bonchev–Trinajstić information content (AvgIpc) is 3.01. The molecule has 22 heavy (non-hydrogen) atoms. The number of rotatable bonds is 6. The van der Waals surface area contributed by atoms with Crippen molar-refractivity contribution in [3.05, 3.63) is 23.8 Å². The Morgan fingerprint density at radius 2 is 2.00 bits per heavy atom. The number of benzene rings is 1. The molecule has 0 aliphatic carbocycles. The van der Waals surface area contributed by atoms with Crippen LogP contribution in [0.5, 0.6) is 5.75 Å². The second-order valence-electron chi connectivity index (χ2n) is 5.82.